The lowest BCUT2D eigenvalue weighted by molar-refractivity contribution is 0.0929. The Morgan fingerprint density at radius 1 is 1.13 bits per heavy atom. The number of fused-ring (bicyclic) bond motifs is 1. The lowest BCUT2D eigenvalue weighted by Gasteiger charge is -2.24. The fraction of sp³-hybridized carbons (Fsp3) is 0.304. The van der Waals surface area contributed by atoms with Crippen LogP contribution in [0.15, 0.2) is 65.7 Å². The van der Waals surface area contributed by atoms with Gasteiger partial charge in [-0.15, -0.1) is 0 Å². The molecule has 7 heteroatoms. The molecule has 1 atom stereocenters. The number of sulfone groups is 1. The molecule has 0 bridgehead atoms. The summed E-state index contributed by atoms with van der Waals surface area (Å²) in [7, 11) is -3.48. The van der Waals surface area contributed by atoms with E-state index in [-0.39, 0.29) is 28.2 Å². The van der Waals surface area contributed by atoms with Gasteiger partial charge in [0.1, 0.15) is 0 Å². The number of nitrogens with zero attached hydrogens (tertiary/aromatic N) is 2. The maximum absolute atomic E-state index is 13.0. The third-order valence-electron chi connectivity index (χ3n) is 5.59. The van der Waals surface area contributed by atoms with Crippen LogP contribution in [0.5, 0.6) is 0 Å². The Kier molecular flexibility index (Phi) is 5.72. The predicted molar refractivity (Wildman–Crippen MR) is 115 cm³/mol. The van der Waals surface area contributed by atoms with Crippen LogP contribution >= 0.6 is 0 Å². The van der Waals surface area contributed by atoms with Gasteiger partial charge in [0.25, 0.3) is 5.91 Å². The molecule has 1 aromatic heterocycles. The molecule has 4 rings (SSSR count). The van der Waals surface area contributed by atoms with Gasteiger partial charge in [-0.25, -0.2) is 8.42 Å². The van der Waals surface area contributed by atoms with E-state index in [1.807, 2.05) is 29.1 Å². The first kappa shape index (κ1) is 20.3. The van der Waals surface area contributed by atoms with Gasteiger partial charge in [-0.1, -0.05) is 49.4 Å². The Hall–Kier alpha value is -2.93. The van der Waals surface area contributed by atoms with Gasteiger partial charge in [0, 0.05) is 11.3 Å². The van der Waals surface area contributed by atoms with E-state index in [4.69, 9.17) is 0 Å². The lowest BCUT2D eigenvalue weighted by atomic mass is 9.92. The standard InChI is InChI=1S/C23H25N3O3S/c1-2-30(28,29)22-14-7-6-11-18(22)23(27)25-20-12-8-13-21-19(20)15-24-26(21)16-17-9-4-3-5-10-17/h3-7,9-11,14-15,20H,2,8,12-13,16H2,1H3,(H,25,27). The minimum Gasteiger partial charge on any atom is -0.345 e. The van der Waals surface area contributed by atoms with Crippen molar-refractivity contribution >= 4 is 15.7 Å². The first-order valence-corrected chi connectivity index (χ1v) is 11.9. The number of rotatable bonds is 6. The zero-order valence-corrected chi connectivity index (χ0v) is 17.7. The molecule has 2 aromatic carbocycles. The molecule has 0 saturated heterocycles. The normalized spacial score (nSPS) is 16.1. The van der Waals surface area contributed by atoms with Crippen LogP contribution in [0.1, 0.15) is 53.0 Å². The smallest absolute Gasteiger partial charge is 0.253 e. The highest BCUT2D eigenvalue weighted by atomic mass is 32.2. The Morgan fingerprint density at radius 2 is 1.87 bits per heavy atom. The molecular formula is C23H25N3O3S. The van der Waals surface area contributed by atoms with Crippen molar-refractivity contribution in [3.8, 4) is 0 Å². The summed E-state index contributed by atoms with van der Waals surface area (Å²) in [4.78, 5) is 13.1. The molecule has 1 N–H and O–H groups in total. The minimum absolute atomic E-state index is 0.0445. The first-order chi connectivity index (χ1) is 14.5. The summed E-state index contributed by atoms with van der Waals surface area (Å²) in [6.45, 7) is 2.27. The van der Waals surface area contributed by atoms with Gasteiger partial charge in [0.05, 0.1) is 35.0 Å². The van der Waals surface area contributed by atoms with E-state index in [9.17, 15) is 13.2 Å². The molecular weight excluding hydrogens is 398 g/mol. The summed E-state index contributed by atoms with van der Waals surface area (Å²) < 4.78 is 26.8. The summed E-state index contributed by atoms with van der Waals surface area (Å²) in [5, 5.41) is 7.61. The van der Waals surface area contributed by atoms with Crippen molar-refractivity contribution in [2.75, 3.05) is 5.75 Å². The fourth-order valence-electron chi connectivity index (χ4n) is 3.98. The topological polar surface area (TPSA) is 81.1 Å². The number of hydrogen-bond donors (Lipinski definition) is 1. The van der Waals surface area contributed by atoms with Gasteiger partial charge in [-0.05, 0) is 37.0 Å². The van der Waals surface area contributed by atoms with Crippen molar-refractivity contribution in [3.63, 3.8) is 0 Å². The van der Waals surface area contributed by atoms with Crippen molar-refractivity contribution < 1.29 is 13.2 Å². The van der Waals surface area contributed by atoms with E-state index in [1.54, 1.807) is 25.1 Å². The lowest BCUT2D eigenvalue weighted by Crippen LogP contribution is -2.32. The van der Waals surface area contributed by atoms with E-state index < -0.39 is 9.84 Å². The first-order valence-electron chi connectivity index (χ1n) is 10.2. The average molecular weight is 424 g/mol. The van der Waals surface area contributed by atoms with Crippen LogP contribution in [0.3, 0.4) is 0 Å². The zero-order valence-electron chi connectivity index (χ0n) is 16.9. The van der Waals surface area contributed by atoms with Crippen molar-refractivity contribution in [1.29, 1.82) is 0 Å². The Bertz CT molecular complexity index is 1150. The zero-order chi connectivity index (χ0) is 21.1. The Balaban J connectivity index is 1.58. The summed E-state index contributed by atoms with van der Waals surface area (Å²) in [6.07, 6.45) is 4.48. The second kappa shape index (κ2) is 8.44. The highest BCUT2D eigenvalue weighted by Crippen LogP contribution is 2.30. The minimum atomic E-state index is -3.48. The van der Waals surface area contributed by atoms with Gasteiger partial charge in [-0.2, -0.15) is 5.10 Å². The summed E-state index contributed by atoms with van der Waals surface area (Å²) >= 11 is 0. The molecule has 156 valence electrons. The molecule has 0 spiro atoms. The molecule has 1 unspecified atom stereocenters. The van der Waals surface area contributed by atoms with Gasteiger partial charge in [-0.3, -0.25) is 9.48 Å². The molecule has 1 heterocycles. The van der Waals surface area contributed by atoms with Gasteiger partial charge >= 0.3 is 0 Å². The highest BCUT2D eigenvalue weighted by molar-refractivity contribution is 7.91. The summed E-state index contributed by atoms with van der Waals surface area (Å²) in [5.74, 6) is -0.409. The van der Waals surface area contributed by atoms with Crippen molar-refractivity contribution in [2.45, 2.75) is 43.7 Å². The molecule has 1 aliphatic carbocycles. The maximum atomic E-state index is 13.0. The second-order valence-electron chi connectivity index (χ2n) is 7.51. The molecule has 1 amide bonds. The summed E-state index contributed by atoms with van der Waals surface area (Å²) in [6, 6.07) is 16.4. The fourth-order valence-corrected chi connectivity index (χ4v) is 5.07. The Morgan fingerprint density at radius 3 is 2.63 bits per heavy atom. The highest BCUT2D eigenvalue weighted by Gasteiger charge is 2.28. The predicted octanol–water partition coefficient (Wildman–Crippen LogP) is 3.53. The maximum Gasteiger partial charge on any atom is 0.253 e. The van der Waals surface area contributed by atoms with Crippen LogP contribution < -0.4 is 5.32 Å². The molecule has 0 aliphatic heterocycles. The monoisotopic (exact) mass is 423 g/mol. The Labute approximate surface area is 176 Å². The van der Waals surface area contributed by atoms with Crippen LogP contribution in [0.25, 0.3) is 0 Å². The number of amides is 1. The van der Waals surface area contributed by atoms with E-state index in [2.05, 4.69) is 22.5 Å². The summed E-state index contributed by atoms with van der Waals surface area (Å²) in [5.41, 5.74) is 3.52. The molecule has 3 aromatic rings. The van der Waals surface area contributed by atoms with E-state index in [1.165, 1.54) is 11.6 Å². The largest absolute Gasteiger partial charge is 0.345 e. The van der Waals surface area contributed by atoms with Crippen LogP contribution in [0.2, 0.25) is 0 Å². The van der Waals surface area contributed by atoms with Crippen LogP contribution in [-0.4, -0.2) is 29.9 Å². The SMILES string of the molecule is CCS(=O)(=O)c1ccccc1C(=O)NC1CCCc2c1cnn2Cc1ccccc1. The molecule has 30 heavy (non-hydrogen) atoms. The number of carbonyl (C=O) groups excluding carboxylic acids is 1. The van der Waals surface area contributed by atoms with Crippen molar-refractivity contribution in [3.05, 3.63) is 83.2 Å². The van der Waals surface area contributed by atoms with Crippen LogP contribution in [0.4, 0.5) is 0 Å². The van der Waals surface area contributed by atoms with Crippen LogP contribution in [-0.2, 0) is 22.8 Å². The second-order valence-corrected chi connectivity index (χ2v) is 9.75. The number of carbonyl (C=O) groups is 1. The van der Waals surface area contributed by atoms with Crippen molar-refractivity contribution in [1.82, 2.24) is 15.1 Å². The molecule has 0 saturated carbocycles. The van der Waals surface area contributed by atoms with Crippen LogP contribution in [0, 0.1) is 0 Å². The quantitative estimate of drug-likeness (QED) is 0.658. The molecule has 6 nitrogen and oxygen atoms in total. The van der Waals surface area contributed by atoms with E-state index >= 15 is 0 Å². The third kappa shape index (κ3) is 4.03. The third-order valence-corrected chi connectivity index (χ3v) is 7.38. The molecule has 0 fully saturated rings. The number of nitrogens with one attached hydrogen (secondary N) is 1. The van der Waals surface area contributed by atoms with E-state index in [0.29, 0.717) is 6.54 Å². The van der Waals surface area contributed by atoms with Gasteiger partial charge in [0.2, 0.25) is 0 Å². The van der Waals surface area contributed by atoms with Gasteiger partial charge in [0.15, 0.2) is 9.84 Å². The van der Waals surface area contributed by atoms with E-state index in [0.717, 1.165) is 30.5 Å². The van der Waals surface area contributed by atoms with Gasteiger partial charge < -0.3 is 5.32 Å². The average Bonchev–Trinajstić information content (AvgIpc) is 3.18. The molecule has 0 radical (unpaired) electrons. The number of benzene rings is 2. The molecule has 1 aliphatic rings. The van der Waals surface area contributed by atoms with Crippen molar-refractivity contribution in [2.24, 2.45) is 0 Å². The number of aromatic nitrogens is 2. The number of hydrogen-bond acceptors (Lipinski definition) is 4.